The highest BCUT2D eigenvalue weighted by atomic mass is 19.4. The molecule has 0 unspecified atom stereocenters. The average molecular weight is 433 g/mol. The van der Waals surface area contributed by atoms with E-state index in [0.717, 1.165) is 51.0 Å². The van der Waals surface area contributed by atoms with Gasteiger partial charge in [-0.1, -0.05) is 0 Å². The van der Waals surface area contributed by atoms with Gasteiger partial charge in [0.25, 0.3) is 0 Å². The maximum absolute atomic E-state index is 13.3. The minimum absolute atomic E-state index is 0.0710. The summed E-state index contributed by atoms with van der Waals surface area (Å²) in [4.78, 5) is 9.32. The highest BCUT2D eigenvalue weighted by Gasteiger charge is 2.34. The highest BCUT2D eigenvalue weighted by Crippen LogP contribution is 2.37. The minimum atomic E-state index is -4.43. The molecule has 0 radical (unpaired) electrons. The van der Waals surface area contributed by atoms with Crippen molar-refractivity contribution in [2.24, 2.45) is 0 Å². The molecule has 166 valence electrons. The molecule has 0 bridgehead atoms. The van der Waals surface area contributed by atoms with E-state index in [4.69, 9.17) is 9.84 Å². The molecule has 6 nitrogen and oxygen atoms in total. The van der Waals surface area contributed by atoms with E-state index in [1.54, 1.807) is 6.20 Å². The van der Waals surface area contributed by atoms with E-state index < -0.39 is 11.7 Å². The quantitative estimate of drug-likeness (QED) is 0.653. The predicted molar refractivity (Wildman–Crippen MR) is 111 cm³/mol. The van der Waals surface area contributed by atoms with Crippen LogP contribution in [0.5, 0.6) is 0 Å². The van der Waals surface area contributed by atoms with Crippen molar-refractivity contribution in [1.82, 2.24) is 24.6 Å². The fourth-order valence-electron chi connectivity index (χ4n) is 4.64. The van der Waals surface area contributed by atoms with Crippen molar-refractivity contribution in [2.45, 2.75) is 50.9 Å². The topological polar surface area (TPSA) is 59.0 Å². The lowest BCUT2D eigenvalue weighted by Crippen LogP contribution is -2.51. The van der Waals surface area contributed by atoms with Crippen molar-refractivity contribution in [3.63, 3.8) is 0 Å². The fraction of sp³-hybridized carbons (Fsp3) is 0.545. The lowest BCUT2D eigenvalue weighted by atomic mass is 9.91. The number of hydrogen-bond donors (Lipinski definition) is 1. The number of nitrogens with zero attached hydrogens (tertiary/aromatic N) is 4. The Morgan fingerprint density at radius 1 is 1.16 bits per heavy atom. The molecule has 3 aromatic heterocycles. The van der Waals surface area contributed by atoms with Crippen molar-refractivity contribution >= 4 is 11.0 Å². The second-order valence-electron chi connectivity index (χ2n) is 8.81. The Kier molecular flexibility index (Phi) is 5.05. The number of aromatic amines is 1. The van der Waals surface area contributed by atoms with Crippen LogP contribution in [0.2, 0.25) is 0 Å². The standard InChI is InChI=1S/C22H26F3N5O/c1-13(2)30-20(14-3-5-29(6-4-14)16-11-31-12-16)8-19(28-30)15-7-17-18(22(23,24)25)10-27-21(17)26-9-15/h7-10,13-14,16H,3-6,11-12H2,1-2H3,(H,26,27). The van der Waals surface area contributed by atoms with Crippen LogP contribution in [0.25, 0.3) is 22.3 Å². The molecule has 1 N–H and O–H groups in total. The number of halogens is 3. The SMILES string of the molecule is CC(C)n1nc(-c2cnc3[nH]cc(C(F)(F)F)c3c2)cc1C1CCN(C2COC2)CC1. The molecule has 2 aliphatic rings. The van der Waals surface area contributed by atoms with Crippen LogP contribution in [0, 0.1) is 0 Å². The maximum atomic E-state index is 13.3. The van der Waals surface area contributed by atoms with Crippen molar-refractivity contribution < 1.29 is 17.9 Å². The second-order valence-corrected chi connectivity index (χ2v) is 8.81. The Morgan fingerprint density at radius 3 is 2.52 bits per heavy atom. The number of fused-ring (bicyclic) bond motifs is 1. The zero-order chi connectivity index (χ0) is 21.8. The zero-order valence-electron chi connectivity index (χ0n) is 17.6. The Bertz CT molecular complexity index is 1070. The summed E-state index contributed by atoms with van der Waals surface area (Å²) >= 11 is 0. The third-order valence-corrected chi connectivity index (χ3v) is 6.47. The third kappa shape index (κ3) is 3.74. The van der Waals surface area contributed by atoms with Crippen LogP contribution in [0.4, 0.5) is 13.2 Å². The summed E-state index contributed by atoms with van der Waals surface area (Å²) in [6, 6.07) is 4.29. The van der Waals surface area contributed by atoms with Gasteiger partial charge in [-0.3, -0.25) is 9.58 Å². The number of hydrogen-bond acceptors (Lipinski definition) is 4. The number of piperidine rings is 1. The molecule has 0 aliphatic carbocycles. The first-order chi connectivity index (χ1) is 14.8. The summed E-state index contributed by atoms with van der Waals surface area (Å²) in [5.74, 6) is 0.385. The Balaban J connectivity index is 1.45. The molecule has 3 aromatic rings. The first-order valence-corrected chi connectivity index (χ1v) is 10.8. The monoisotopic (exact) mass is 433 g/mol. The van der Waals surface area contributed by atoms with Crippen LogP contribution in [-0.2, 0) is 10.9 Å². The molecular formula is C22H26F3N5O. The largest absolute Gasteiger partial charge is 0.418 e. The molecule has 0 atom stereocenters. The first-order valence-electron chi connectivity index (χ1n) is 10.8. The third-order valence-electron chi connectivity index (χ3n) is 6.47. The van der Waals surface area contributed by atoms with Gasteiger partial charge in [0.2, 0.25) is 0 Å². The van der Waals surface area contributed by atoms with Crippen LogP contribution >= 0.6 is 0 Å². The second kappa shape index (κ2) is 7.63. The molecular weight excluding hydrogens is 407 g/mol. The molecule has 2 fully saturated rings. The van der Waals surface area contributed by atoms with Gasteiger partial charge in [-0.15, -0.1) is 0 Å². The summed E-state index contributed by atoms with van der Waals surface area (Å²) < 4.78 is 47.4. The number of ether oxygens (including phenoxy) is 1. The fourth-order valence-corrected chi connectivity index (χ4v) is 4.64. The number of aromatic nitrogens is 4. The van der Waals surface area contributed by atoms with E-state index in [1.165, 1.54) is 6.07 Å². The molecule has 0 spiro atoms. The van der Waals surface area contributed by atoms with Crippen LogP contribution < -0.4 is 0 Å². The van der Waals surface area contributed by atoms with Crippen LogP contribution in [0.3, 0.4) is 0 Å². The van der Waals surface area contributed by atoms with Gasteiger partial charge in [-0.25, -0.2) is 4.98 Å². The lowest BCUT2D eigenvalue weighted by molar-refractivity contribution is -0.136. The van der Waals surface area contributed by atoms with E-state index in [9.17, 15) is 13.2 Å². The van der Waals surface area contributed by atoms with E-state index in [-0.39, 0.29) is 17.1 Å². The number of alkyl halides is 3. The van der Waals surface area contributed by atoms with Gasteiger partial charge in [0.15, 0.2) is 0 Å². The molecule has 31 heavy (non-hydrogen) atoms. The lowest BCUT2D eigenvalue weighted by Gasteiger charge is -2.41. The molecule has 5 heterocycles. The summed E-state index contributed by atoms with van der Waals surface area (Å²) in [6.45, 7) is 7.87. The van der Waals surface area contributed by atoms with Crippen LogP contribution in [0.15, 0.2) is 24.5 Å². The van der Waals surface area contributed by atoms with Crippen LogP contribution in [-0.4, -0.2) is 57.0 Å². The average Bonchev–Trinajstić information content (AvgIpc) is 3.31. The summed E-state index contributed by atoms with van der Waals surface area (Å²) in [7, 11) is 0. The summed E-state index contributed by atoms with van der Waals surface area (Å²) in [5.41, 5.74) is 1.95. The van der Waals surface area contributed by atoms with Crippen molar-refractivity contribution in [3.05, 3.63) is 35.8 Å². The Labute approximate surface area is 178 Å². The Hall–Kier alpha value is -2.39. The van der Waals surface area contributed by atoms with Gasteiger partial charge in [0, 0.05) is 41.0 Å². The minimum Gasteiger partial charge on any atom is -0.378 e. The van der Waals surface area contributed by atoms with E-state index in [0.29, 0.717) is 23.2 Å². The predicted octanol–water partition coefficient (Wildman–Crippen LogP) is 4.60. The van der Waals surface area contributed by atoms with Crippen molar-refractivity contribution in [3.8, 4) is 11.3 Å². The molecule has 0 saturated carbocycles. The molecule has 2 saturated heterocycles. The van der Waals surface area contributed by atoms with Gasteiger partial charge in [-0.2, -0.15) is 18.3 Å². The van der Waals surface area contributed by atoms with E-state index >= 15 is 0 Å². The molecule has 9 heteroatoms. The highest BCUT2D eigenvalue weighted by molar-refractivity contribution is 5.84. The van der Waals surface area contributed by atoms with Gasteiger partial charge >= 0.3 is 6.18 Å². The molecule has 0 aromatic carbocycles. The molecule has 0 amide bonds. The van der Waals surface area contributed by atoms with Crippen molar-refractivity contribution in [2.75, 3.05) is 26.3 Å². The number of rotatable bonds is 4. The van der Waals surface area contributed by atoms with Crippen molar-refractivity contribution in [1.29, 1.82) is 0 Å². The Morgan fingerprint density at radius 2 is 1.90 bits per heavy atom. The number of H-pyrrole nitrogens is 1. The number of pyridine rings is 1. The summed E-state index contributed by atoms with van der Waals surface area (Å²) in [6.07, 6.45) is 0.222. The van der Waals surface area contributed by atoms with E-state index in [1.807, 2.05) is 10.7 Å². The number of likely N-dealkylation sites (tertiary alicyclic amines) is 1. The number of nitrogens with one attached hydrogen (secondary N) is 1. The molecule has 2 aliphatic heterocycles. The zero-order valence-corrected chi connectivity index (χ0v) is 17.6. The maximum Gasteiger partial charge on any atom is 0.418 e. The normalized spacial score (nSPS) is 19.4. The van der Waals surface area contributed by atoms with Gasteiger partial charge < -0.3 is 9.72 Å². The van der Waals surface area contributed by atoms with Gasteiger partial charge in [0.05, 0.1) is 30.5 Å². The van der Waals surface area contributed by atoms with Gasteiger partial charge in [0.1, 0.15) is 5.65 Å². The first kappa shape index (κ1) is 20.5. The smallest absolute Gasteiger partial charge is 0.378 e. The van der Waals surface area contributed by atoms with Gasteiger partial charge in [-0.05, 0) is 51.9 Å². The van der Waals surface area contributed by atoms with Crippen LogP contribution in [0.1, 0.15) is 49.9 Å². The summed E-state index contributed by atoms with van der Waals surface area (Å²) in [5, 5.41) is 4.84. The molecule has 5 rings (SSSR count). The van der Waals surface area contributed by atoms with E-state index in [2.05, 4.69) is 28.7 Å².